The van der Waals surface area contributed by atoms with E-state index in [9.17, 15) is 4.79 Å². The first-order valence-electron chi connectivity index (χ1n) is 10.5. The van der Waals surface area contributed by atoms with E-state index >= 15 is 0 Å². The number of aryl methyl sites for hydroxylation is 1. The molecule has 2 bridgehead atoms. The second kappa shape index (κ2) is 7.32. The van der Waals surface area contributed by atoms with Crippen LogP contribution >= 0.6 is 0 Å². The number of nitrogens with zero attached hydrogens (tertiary/aromatic N) is 2. The Hall–Kier alpha value is -2.21. The van der Waals surface area contributed by atoms with Crippen molar-refractivity contribution in [3.8, 4) is 11.4 Å². The van der Waals surface area contributed by atoms with Crippen molar-refractivity contribution in [2.45, 2.75) is 51.0 Å². The zero-order valence-corrected chi connectivity index (χ0v) is 16.3. The largest absolute Gasteiger partial charge is 0.381 e. The number of rotatable bonds is 4. The van der Waals surface area contributed by atoms with Gasteiger partial charge in [-0.1, -0.05) is 28.9 Å². The van der Waals surface area contributed by atoms with Crippen LogP contribution in [0.1, 0.15) is 49.5 Å². The van der Waals surface area contributed by atoms with Crippen LogP contribution in [0.2, 0.25) is 0 Å². The number of benzene rings is 1. The number of hydrogen-bond donors (Lipinski definition) is 1. The first kappa shape index (κ1) is 17.9. The standard InChI is InChI=1S/C22H27N3O3/c1-13-3-2-4-16(11-13)20-24-22(28-25-20)19-15-6-5-14(12-15)18(19)21(26)23-17-7-9-27-10-8-17/h2-4,11,14-15,17-19H,5-10,12H2,1H3,(H,23,26)/t14-,15+,18-,19-/m0/s1. The fourth-order valence-electron chi connectivity index (χ4n) is 5.44. The molecule has 1 aromatic carbocycles. The molecule has 4 atom stereocenters. The van der Waals surface area contributed by atoms with Crippen molar-refractivity contribution in [3.05, 3.63) is 35.7 Å². The van der Waals surface area contributed by atoms with E-state index in [0.29, 0.717) is 23.6 Å². The van der Waals surface area contributed by atoms with Crippen LogP contribution in [-0.2, 0) is 9.53 Å². The van der Waals surface area contributed by atoms with Crippen molar-refractivity contribution in [3.63, 3.8) is 0 Å². The van der Waals surface area contributed by atoms with Gasteiger partial charge in [0.05, 0.1) is 11.8 Å². The highest BCUT2D eigenvalue weighted by Gasteiger charge is 2.53. The molecule has 1 amide bonds. The third-order valence-electron chi connectivity index (χ3n) is 6.79. The van der Waals surface area contributed by atoms with Gasteiger partial charge in [0.2, 0.25) is 17.6 Å². The molecule has 5 rings (SSSR count). The van der Waals surface area contributed by atoms with Crippen LogP contribution in [0.15, 0.2) is 28.8 Å². The van der Waals surface area contributed by atoms with E-state index in [1.54, 1.807) is 0 Å². The predicted molar refractivity (Wildman–Crippen MR) is 104 cm³/mol. The van der Waals surface area contributed by atoms with Crippen LogP contribution < -0.4 is 5.32 Å². The van der Waals surface area contributed by atoms with Gasteiger partial charge in [0.1, 0.15) is 0 Å². The van der Waals surface area contributed by atoms with Gasteiger partial charge in [0.15, 0.2) is 0 Å². The Kier molecular flexibility index (Phi) is 4.67. The highest BCUT2D eigenvalue weighted by molar-refractivity contribution is 5.81. The number of amides is 1. The molecule has 1 saturated heterocycles. The lowest BCUT2D eigenvalue weighted by atomic mass is 9.78. The van der Waals surface area contributed by atoms with Crippen LogP contribution in [-0.4, -0.2) is 35.3 Å². The summed E-state index contributed by atoms with van der Waals surface area (Å²) in [7, 11) is 0. The SMILES string of the molecule is Cc1cccc(-c2noc([C@H]3[C@@H]4CC[C@@H](C4)[C@@H]3C(=O)NC3CCOCC3)n2)c1. The van der Waals surface area contributed by atoms with Crippen molar-refractivity contribution in [2.75, 3.05) is 13.2 Å². The van der Waals surface area contributed by atoms with Crippen LogP contribution in [0, 0.1) is 24.7 Å². The van der Waals surface area contributed by atoms with E-state index in [4.69, 9.17) is 14.2 Å². The third-order valence-corrected chi connectivity index (χ3v) is 6.79. The minimum Gasteiger partial charge on any atom is -0.381 e. The molecule has 0 unspecified atom stereocenters. The van der Waals surface area contributed by atoms with Gasteiger partial charge < -0.3 is 14.6 Å². The van der Waals surface area contributed by atoms with Crippen LogP contribution in [0.25, 0.3) is 11.4 Å². The maximum Gasteiger partial charge on any atom is 0.231 e. The topological polar surface area (TPSA) is 77.2 Å². The molecular weight excluding hydrogens is 354 g/mol. The fraction of sp³-hybridized carbons (Fsp3) is 0.591. The monoisotopic (exact) mass is 381 g/mol. The van der Waals surface area contributed by atoms with Crippen LogP contribution in [0.3, 0.4) is 0 Å². The van der Waals surface area contributed by atoms with Crippen molar-refractivity contribution in [1.82, 2.24) is 15.5 Å². The summed E-state index contributed by atoms with van der Waals surface area (Å²) in [6.45, 7) is 3.51. The molecule has 2 saturated carbocycles. The minimum atomic E-state index is -0.0487. The van der Waals surface area contributed by atoms with E-state index in [0.717, 1.165) is 56.4 Å². The molecule has 3 aliphatic rings. The number of carbonyl (C=O) groups excluding carboxylic acids is 1. The summed E-state index contributed by atoms with van der Waals surface area (Å²) in [6.07, 6.45) is 5.17. The average Bonchev–Trinajstić information content (AvgIpc) is 3.44. The molecule has 148 valence electrons. The number of nitrogens with one attached hydrogen (secondary N) is 1. The van der Waals surface area contributed by atoms with Gasteiger partial charge in [-0.25, -0.2) is 0 Å². The zero-order valence-electron chi connectivity index (χ0n) is 16.3. The fourth-order valence-corrected chi connectivity index (χ4v) is 5.44. The number of ether oxygens (including phenoxy) is 1. The molecule has 28 heavy (non-hydrogen) atoms. The van der Waals surface area contributed by atoms with Gasteiger partial charge >= 0.3 is 0 Å². The normalized spacial score (nSPS) is 29.9. The maximum absolute atomic E-state index is 13.2. The van der Waals surface area contributed by atoms with E-state index in [-0.39, 0.29) is 23.8 Å². The minimum absolute atomic E-state index is 0.0460. The van der Waals surface area contributed by atoms with Crippen molar-refractivity contribution in [2.24, 2.45) is 17.8 Å². The summed E-state index contributed by atoms with van der Waals surface area (Å²) in [5.74, 6) is 2.32. The van der Waals surface area contributed by atoms with Crippen molar-refractivity contribution >= 4 is 5.91 Å². The average molecular weight is 381 g/mol. The predicted octanol–water partition coefficient (Wildman–Crippen LogP) is 3.47. The molecule has 2 aromatic rings. The Balaban J connectivity index is 1.38. The van der Waals surface area contributed by atoms with Gasteiger partial charge in [0, 0.05) is 24.8 Å². The Bertz CT molecular complexity index is 858. The van der Waals surface area contributed by atoms with Gasteiger partial charge in [-0.3, -0.25) is 4.79 Å². The summed E-state index contributed by atoms with van der Waals surface area (Å²) in [5.41, 5.74) is 2.12. The highest BCUT2D eigenvalue weighted by Crippen LogP contribution is 2.56. The summed E-state index contributed by atoms with van der Waals surface area (Å²) in [4.78, 5) is 17.9. The summed E-state index contributed by atoms with van der Waals surface area (Å²) in [5, 5.41) is 7.51. The van der Waals surface area contributed by atoms with E-state index in [1.807, 2.05) is 12.1 Å². The Morgan fingerprint density at radius 2 is 1.96 bits per heavy atom. The van der Waals surface area contributed by atoms with E-state index < -0.39 is 0 Å². The first-order chi connectivity index (χ1) is 13.7. The lowest BCUT2D eigenvalue weighted by molar-refractivity contribution is -0.128. The highest BCUT2D eigenvalue weighted by atomic mass is 16.5. The summed E-state index contributed by atoms with van der Waals surface area (Å²) in [6, 6.07) is 8.34. The number of hydrogen-bond acceptors (Lipinski definition) is 5. The lowest BCUT2D eigenvalue weighted by Gasteiger charge is -2.30. The quantitative estimate of drug-likeness (QED) is 0.877. The molecule has 1 aromatic heterocycles. The third kappa shape index (κ3) is 3.24. The van der Waals surface area contributed by atoms with Crippen LogP contribution in [0.5, 0.6) is 0 Å². The van der Waals surface area contributed by atoms with Crippen molar-refractivity contribution < 1.29 is 14.1 Å². The summed E-state index contributed by atoms with van der Waals surface area (Å²) >= 11 is 0. The smallest absolute Gasteiger partial charge is 0.231 e. The van der Waals surface area contributed by atoms with E-state index in [1.165, 1.54) is 0 Å². The second-order valence-corrected chi connectivity index (χ2v) is 8.61. The second-order valence-electron chi connectivity index (χ2n) is 8.61. The molecule has 3 fully saturated rings. The molecule has 1 N–H and O–H groups in total. The van der Waals surface area contributed by atoms with Gasteiger partial charge in [-0.15, -0.1) is 0 Å². The number of carbonyl (C=O) groups is 1. The van der Waals surface area contributed by atoms with E-state index in [2.05, 4.69) is 29.5 Å². The molecule has 6 nitrogen and oxygen atoms in total. The van der Waals surface area contributed by atoms with Gasteiger partial charge in [-0.2, -0.15) is 4.98 Å². The maximum atomic E-state index is 13.2. The summed E-state index contributed by atoms with van der Waals surface area (Å²) < 4.78 is 11.1. The molecule has 0 spiro atoms. The molecule has 1 aliphatic heterocycles. The van der Waals surface area contributed by atoms with Gasteiger partial charge in [-0.05, 0) is 56.9 Å². The Morgan fingerprint density at radius 1 is 1.14 bits per heavy atom. The number of aromatic nitrogens is 2. The molecular formula is C22H27N3O3. The number of fused-ring (bicyclic) bond motifs is 2. The van der Waals surface area contributed by atoms with Gasteiger partial charge in [0.25, 0.3) is 0 Å². The molecule has 2 aliphatic carbocycles. The first-order valence-corrected chi connectivity index (χ1v) is 10.5. The van der Waals surface area contributed by atoms with Crippen molar-refractivity contribution in [1.29, 1.82) is 0 Å². The molecule has 2 heterocycles. The Labute approximate surface area is 165 Å². The Morgan fingerprint density at radius 3 is 2.79 bits per heavy atom. The zero-order chi connectivity index (χ0) is 19.1. The lowest BCUT2D eigenvalue weighted by Crippen LogP contribution is -2.44. The molecule has 0 radical (unpaired) electrons. The van der Waals surface area contributed by atoms with Crippen LogP contribution in [0.4, 0.5) is 0 Å². The molecule has 6 heteroatoms.